The van der Waals surface area contributed by atoms with Crippen LogP contribution in [-0.4, -0.2) is 41.1 Å². The van der Waals surface area contributed by atoms with E-state index in [0.717, 1.165) is 30.6 Å². The third kappa shape index (κ3) is 3.80. The second-order valence-electron chi connectivity index (χ2n) is 5.77. The number of carbonyl (C=O) groups excluding carboxylic acids is 2. The Morgan fingerprint density at radius 3 is 2.64 bits per heavy atom. The van der Waals surface area contributed by atoms with E-state index < -0.39 is 0 Å². The molecule has 1 N–H and O–H groups in total. The van der Waals surface area contributed by atoms with Crippen molar-refractivity contribution in [3.8, 4) is 0 Å². The van der Waals surface area contributed by atoms with Crippen molar-refractivity contribution in [3.63, 3.8) is 0 Å². The van der Waals surface area contributed by atoms with Crippen LogP contribution in [0.25, 0.3) is 0 Å². The molecule has 1 saturated carbocycles. The zero-order chi connectivity index (χ0) is 15.5. The molecule has 3 rings (SSSR count). The van der Waals surface area contributed by atoms with E-state index in [4.69, 9.17) is 0 Å². The first-order chi connectivity index (χ1) is 10.6. The maximum Gasteiger partial charge on any atom is 0.243 e. The SMILES string of the molecule is O=C(NC1CC1)C1CCCN1C(=O)CSc1ccc(F)cc1. The first kappa shape index (κ1) is 15.3. The molecule has 1 unspecified atom stereocenters. The number of carbonyl (C=O) groups is 2. The molecule has 0 spiro atoms. The number of hydrogen-bond donors (Lipinski definition) is 1. The van der Waals surface area contributed by atoms with Crippen LogP contribution in [0, 0.1) is 5.82 Å². The van der Waals surface area contributed by atoms with Crippen LogP contribution < -0.4 is 5.32 Å². The number of benzene rings is 1. The monoisotopic (exact) mass is 322 g/mol. The Morgan fingerprint density at radius 1 is 1.23 bits per heavy atom. The normalized spacial score (nSPS) is 21.0. The van der Waals surface area contributed by atoms with Crippen molar-refractivity contribution in [3.05, 3.63) is 30.1 Å². The molecule has 0 radical (unpaired) electrons. The van der Waals surface area contributed by atoms with Crippen molar-refractivity contribution >= 4 is 23.6 Å². The van der Waals surface area contributed by atoms with Crippen LogP contribution in [0.15, 0.2) is 29.2 Å². The second kappa shape index (κ2) is 6.69. The van der Waals surface area contributed by atoms with Crippen molar-refractivity contribution in [1.29, 1.82) is 0 Å². The van der Waals surface area contributed by atoms with Gasteiger partial charge in [-0.25, -0.2) is 4.39 Å². The lowest BCUT2D eigenvalue weighted by Gasteiger charge is -2.23. The van der Waals surface area contributed by atoms with Crippen LogP contribution in [0.5, 0.6) is 0 Å². The van der Waals surface area contributed by atoms with Gasteiger partial charge in [0.2, 0.25) is 11.8 Å². The zero-order valence-corrected chi connectivity index (χ0v) is 13.1. The smallest absolute Gasteiger partial charge is 0.243 e. The molecule has 1 aliphatic heterocycles. The van der Waals surface area contributed by atoms with Crippen LogP contribution in [0.4, 0.5) is 4.39 Å². The number of thioether (sulfide) groups is 1. The van der Waals surface area contributed by atoms with Gasteiger partial charge in [0.05, 0.1) is 5.75 Å². The molecule has 1 aliphatic carbocycles. The van der Waals surface area contributed by atoms with E-state index in [1.54, 1.807) is 17.0 Å². The zero-order valence-electron chi connectivity index (χ0n) is 12.3. The lowest BCUT2D eigenvalue weighted by Crippen LogP contribution is -2.47. The second-order valence-corrected chi connectivity index (χ2v) is 6.82. The standard InChI is InChI=1S/C16H19FN2O2S/c17-11-3-7-13(8-4-11)22-10-15(20)19-9-1-2-14(19)16(21)18-12-5-6-12/h3-4,7-8,12,14H,1-2,5-6,9-10H2,(H,18,21). The summed E-state index contributed by atoms with van der Waals surface area (Å²) in [6.45, 7) is 0.644. The van der Waals surface area contributed by atoms with Crippen LogP contribution in [0.1, 0.15) is 25.7 Å². The fourth-order valence-electron chi connectivity index (χ4n) is 2.62. The van der Waals surface area contributed by atoms with Crippen LogP contribution in [0.2, 0.25) is 0 Å². The van der Waals surface area contributed by atoms with E-state index in [1.165, 1.54) is 23.9 Å². The Kier molecular flexibility index (Phi) is 4.66. The van der Waals surface area contributed by atoms with Gasteiger partial charge in [-0.1, -0.05) is 0 Å². The molecule has 2 fully saturated rings. The minimum Gasteiger partial charge on any atom is -0.352 e. The Morgan fingerprint density at radius 2 is 1.95 bits per heavy atom. The van der Waals surface area contributed by atoms with Gasteiger partial charge in [0.15, 0.2) is 0 Å². The van der Waals surface area contributed by atoms with Crippen molar-refractivity contribution in [2.75, 3.05) is 12.3 Å². The third-order valence-corrected chi connectivity index (χ3v) is 4.97. The number of likely N-dealkylation sites (tertiary alicyclic amines) is 1. The highest BCUT2D eigenvalue weighted by Gasteiger charge is 2.36. The molecule has 2 amide bonds. The van der Waals surface area contributed by atoms with Gasteiger partial charge in [0, 0.05) is 17.5 Å². The van der Waals surface area contributed by atoms with Gasteiger partial charge >= 0.3 is 0 Å². The summed E-state index contributed by atoms with van der Waals surface area (Å²) in [5.74, 6) is -0.0475. The molecule has 0 bridgehead atoms. The molecule has 118 valence electrons. The minimum absolute atomic E-state index is 0.0138. The number of hydrogen-bond acceptors (Lipinski definition) is 3. The first-order valence-corrected chi connectivity index (χ1v) is 8.60. The molecule has 6 heteroatoms. The third-order valence-electron chi connectivity index (χ3n) is 3.98. The van der Waals surface area contributed by atoms with E-state index in [0.29, 0.717) is 12.6 Å². The first-order valence-electron chi connectivity index (χ1n) is 7.62. The minimum atomic E-state index is -0.318. The number of amides is 2. The quantitative estimate of drug-likeness (QED) is 0.846. The Balaban J connectivity index is 1.53. The highest BCUT2D eigenvalue weighted by atomic mass is 32.2. The fourth-order valence-corrected chi connectivity index (χ4v) is 3.41. The topological polar surface area (TPSA) is 49.4 Å². The molecule has 22 heavy (non-hydrogen) atoms. The predicted molar refractivity (Wildman–Crippen MR) is 83.0 cm³/mol. The lowest BCUT2D eigenvalue weighted by atomic mass is 10.2. The van der Waals surface area contributed by atoms with Gasteiger partial charge in [-0.05, 0) is 49.9 Å². The molecule has 4 nitrogen and oxygen atoms in total. The Labute approximate surface area is 133 Å². The molecule has 0 aromatic heterocycles. The molecular weight excluding hydrogens is 303 g/mol. The highest BCUT2D eigenvalue weighted by Crippen LogP contribution is 2.24. The molecule has 1 saturated heterocycles. The average Bonchev–Trinajstić information content (AvgIpc) is 3.18. The van der Waals surface area contributed by atoms with Crippen LogP contribution in [-0.2, 0) is 9.59 Å². The van der Waals surface area contributed by atoms with Gasteiger partial charge < -0.3 is 10.2 Å². The van der Waals surface area contributed by atoms with E-state index in [-0.39, 0.29) is 29.4 Å². The summed E-state index contributed by atoms with van der Waals surface area (Å²) in [6.07, 6.45) is 3.71. The molecule has 1 aromatic carbocycles. The van der Waals surface area contributed by atoms with Crippen molar-refractivity contribution in [1.82, 2.24) is 10.2 Å². The van der Waals surface area contributed by atoms with E-state index in [2.05, 4.69) is 5.32 Å². The predicted octanol–water partition coefficient (Wildman–Crippen LogP) is 2.19. The highest BCUT2D eigenvalue weighted by molar-refractivity contribution is 8.00. The molecule has 2 aliphatic rings. The summed E-state index contributed by atoms with van der Waals surface area (Å²) in [6, 6.07) is 6.09. The molecule has 1 atom stereocenters. The van der Waals surface area contributed by atoms with Gasteiger partial charge in [-0.2, -0.15) is 0 Å². The lowest BCUT2D eigenvalue weighted by molar-refractivity contribution is -0.136. The molecule has 1 aromatic rings. The summed E-state index contributed by atoms with van der Waals surface area (Å²) in [4.78, 5) is 27.1. The maximum atomic E-state index is 12.9. The van der Waals surface area contributed by atoms with Gasteiger partial charge in [0.1, 0.15) is 11.9 Å². The summed E-state index contributed by atoms with van der Waals surface area (Å²) >= 11 is 1.37. The Hall–Kier alpha value is -1.56. The van der Waals surface area contributed by atoms with Crippen molar-refractivity contribution in [2.24, 2.45) is 0 Å². The summed E-state index contributed by atoms with van der Waals surface area (Å²) in [5, 5.41) is 2.98. The molecule has 1 heterocycles. The molecular formula is C16H19FN2O2S. The average molecular weight is 322 g/mol. The maximum absolute atomic E-state index is 12.9. The largest absolute Gasteiger partial charge is 0.352 e. The Bertz CT molecular complexity index is 560. The summed E-state index contributed by atoms with van der Waals surface area (Å²) in [7, 11) is 0. The van der Waals surface area contributed by atoms with Crippen LogP contribution in [0.3, 0.4) is 0 Å². The van der Waals surface area contributed by atoms with Gasteiger partial charge in [-0.3, -0.25) is 9.59 Å². The van der Waals surface area contributed by atoms with E-state index in [9.17, 15) is 14.0 Å². The van der Waals surface area contributed by atoms with Gasteiger partial charge in [-0.15, -0.1) is 11.8 Å². The summed E-state index contributed by atoms with van der Waals surface area (Å²) < 4.78 is 12.9. The van der Waals surface area contributed by atoms with Crippen LogP contribution >= 0.6 is 11.8 Å². The number of nitrogens with zero attached hydrogens (tertiary/aromatic N) is 1. The number of rotatable bonds is 5. The fraction of sp³-hybridized carbons (Fsp3) is 0.500. The number of halogens is 1. The van der Waals surface area contributed by atoms with Crippen molar-refractivity contribution < 1.29 is 14.0 Å². The van der Waals surface area contributed by atoms with Crippen molar-refractivity contribution in [2.45, 2.75) is 42.7 Å². The summed E-state index contributed by atoms with van der Waals surface area (Å²) in [5.41, 5.74) is 0. The number of nitrogens with one attached hydrogen (secondary N) is 1. The van der Waals surface area contributed by atoms with Gasteiger partial charge in [0.25, 0.3) is 0 Å². The van der Waals surface area contributed by atoms with E-state index >= 15 is 0 Å². The van der Waals surface area contributed by atoms with E-state index in [1.807, 2.05) is 0 Å².